The molecule has 0 unspecified atom stereocenters. The van der Waals surface area contributed by atoms with Crippen molar-refractivity contribution in [1.29, 1.82) is 0 Å². The lowest BCUT2D eigenvalue weighted by Gasteiger charge is -2.19. The van der Waals surface area contributed by atoms with Gasteiger partial charge < -0.3 is 4.90 Å². The average molecular weight is 316 g/mol. The van der Waals surface area contributed by atoms with E-state index in [-0.39, 0.29) is 17.4 Å². The van der Waals surface area contributed by atoms with Crippen LogP contribution < -0.4 is 0 Å². The van der Waals surface area contributed by atoms with Gasteiger partial charge in [0.2, 0.25) is 0 Å². The minimum atomic E-state index is -0.0256. The van der Waals surface area contributed by atoms with E-state index in [0.29, 0.717) is 10.8 Å². The Morgan fingerprint density at radius 3 is 2.09 bits per heavy atom. The minimum absolute atomic E-state index is 0.0256. The largest absolute Gasteiger partial charge is 0.317 e. The molecule has 1 saturated heterocycles. The van der Waals surface area contributed by atoms with E-state index < -0.39 is 0 Å². The summed E-state index contributed by atoms with van der Waals surface area (Å²) in [5, 5.41) is 0.567. The predicted octanol–water partition coefficient (Wildman–Crippen LogP) is 3.79. The number of nitrogens with zero attached hydrogens (tertiary/aromatic N) is 2. The molecule has 1 fully saturated rings. The van der Waals surface area contributed by atoms with Crippen LogP contribution in [0.2, 0.25) is 0 Å². The number of hydrogen-bond donors (Lipinski definition) is 0. The van der Waals surface area contributed by atoms with Crippen molar-refractivity contribution in [2.45, 2.75) is 46.1 Å². The molecule has 1 heterocycles. The molecule has 0 radical (unpaired) electrons. The Morgan fingerprint density at radius 1 is 1.14 bits per heavy atom. The normalized spacial score (nSPS) is 18.0. The van der Waals surface area contributed by atoms with Crippen LogP contribution in [0, 0.1) is 0 Å². The smallest absolute Gasteiger partial charge is 0.276 e. The van der Waals surface area contributed by atoms with E-state index in [1.807, 2.05) is 27.0 Å². The number of carbonyl (C=O) groups excluding carboxylic acids is 1. The first-order valence-electron chi connectivity index (χ1n) is 7.56. The van der Waals surface area contributed by atoms with Gasteiger partial charge in [-0.05, 0) is 48.7 Å². The molecule has 2 rings (SSSR count). The summed E-state index contributed by atoms with van der Waals surface area (Å²) < 4.78 is 0. The number of thiocarbonyl (C=S) groups is 1. The molecule has 1 aliphatic rings. The summed E-state index contributed by atoms with van der Waals surface area (Å²) in [6.07, 6.45) is 1.91. The summed E-state index contributed by atoms with van der Waals surface area (Å²) in [6, 6.07) is 8.40. The van der Waals surface area contributed by atoms with Crippen LogP contribution in [-0.4, -0.2) is 33.9 Å². The van der Waals surface area contributed by atoms with Crippen LogP contribution in [0.5, 0.6) is 0 Å². The van der Waals surface area contributed by atoms with Gasteiger partial charge in [0.25, 0.3) is 5.91 Å². The van der Waals surface area contributed by atoms with Crippen molar-refractivity contribution in [3.63, 3.8) is 0 Å². The van der Waals surface area contributed by atoms with E-state index >= 15 is 0 Å². The fraction of sp³-hybridized carbons (Fsp3) is 0.444. The predicted molar refractivity (Wildman–Crippen MR) is 95.5 cm³/mol. The Labute approximate surface area is 138 Å². The highest BCUT2D eigenvalue weighted by Gasteiger charge is 2.37. The molecule has 1 aliphatic heterocycles. The monoisotopic (exact) mass is 316 g/mol. The molecular weight excluding hydrogens is 292 g/mol. The van der Waals surface area contributed by atoms with Crippen molar-refractivity contribution < 1.29 is 4.79 Å². The van der Waals surface area contributed by atoms with E-state index in [1.165, 1.54) is 5.56 Å². The summed E-state index contributed by atoms with van der Waals surface area (Å²) in [5.41, 5.74) is 3.04. The summed E-state index contributed by atoms with van der Waals surface area (Å²) in [7, 11) is 1.85. The zero-order valence-corrected chi connectivity index (χ0v) is 15.0. The SMILES string of the molecule is CC(C)N1C(=O)C(=Cc2ccc(C(C)(C)C)cc2)N(C)C1=S. The molecule has 0 aliphatic carbocycles. The van der Waals surface area contributed by atoms with Gasteiger partial charge in [-0.2, -0.15) is 0 Å². The molecule has 0 saturated carbocycles. The lowest BCUT2D eigenvalue weighted by molar-refractivity contribution is -0.123. The Hall–Kier alpha value is -1.68. The first-order valence-corrected chi connectivity index (χ1v) is 7.97. The van der Waals surface area contributed by atoms with Crippen molar-refractivity contribution in [3.05, 3.63) is 41.1 Å². The maximum absolute atomic E-state index is 12.5. The number of hydrogen-bond acceptors (Lipinski definition) is 2. The third-order valence-electron chi connectivity index (χ3n) is 3.89. The van der Waals surface area contributed by atoms with Crippen LogP contribution in [0.1, 0.15) is 45.7 Å². The fourth-order valence-corrected chi connectivity index (χ4v) is 2.86. The van der Waals surface area contributed by atoms with Crippen LogP contribution in [0.3, 0.4) is 0 Å². The lowest BCUT2D eigenvalue weighted by Crippen LogP contribution is -2.36. The zero-order valence-electron chi connectivity index (χ0n) is 14.2. The van der Waals surface area contributed by atoms with Crippen molar-refractivity contribution in [2.24, 2.45) is 0 Å². The van der Waals surface area contributed by atoms with E-state index in [0.717, 1.165) is 5.56 Å². The number of carbonyl (C=O) groups is 1. The van der Waals surface area contributed by atoms with E-state index in [4.69, 9.17) is 12.2 Å². The summed E-state index contributed by atoms with van der Waals surface area (Å²) in [4.78, 5) is 16.0. The van der Waals surface area contributed by atoms with Crippen LogP contribution in [0.25, 0.3) is 6.08 Å². The fourth-order valence-electron chi connectivity index (χ4n) is 2.47. The molecule has 4 heteroatoms. The second-order valence-corrected chi connectivity index (χ2v) is 7.38. The van der Waals surface area contributed by atoms with E-state index in [1.54, 1.807) is 9.80 Å². The third-order valence-corrected chi connectivity index (χ3v) is 4.36. The van der Waals surface area contributed by atoms with E-state index in [2.05, 4.69) is 45.0 Å². The molecule has 0 aromatic heterocycles. The number of likely N-dealkylation sites (N-methyl/N-ethyl adjacent to an activating group) is 1. The molecule has 0 atom stereocenters. The molecule has 1 amide bonds. The Kier molecular flexibility index (Phi) is 4.43. The summed E-state index contributed by atoms with van der Waals surface area (Å²) >= 11 is 5.37. The van der Waals surface area contributed by atoms with Gasteiger partial charge in [0.1, 0.15) is 5.70 Å². The van der Waals surface area contributed by atoms with Crippen LogP contribution in [0.15, 0.2) is 30.0 Å². The first-order chi connectivity index (χ1) is 10.1. The van der Waals surface area contributed by atoms with Crippen molar-refractivity contribution in [1.82, 2.24) is 9.80 Å². The van der Waals surface area contributed by atoms with Gasteiger partial charge >= 0.3 is 0 Å². The molecule has 1 aromatic carbocycles. The van der Waals surface area contributed by atoms with Gasteiger partial charge in [-0.25, -0.2) is 0 Å². The maximum Gasteiger partial charge on any atom is 0.276 e. The van der Waals surface area contributed by atoms with E-state index in [9.17, 15) is 4.79 Å². The second kappa shape index (κ2) is 5.84. The second-order valence-electron chi connectivity index (χ2n) is 7.01. The molecule has 1 aromatic rings. The highest BCUT2D eigenvalue weighted by Crippen LogP contribution is 2.26. The maximum atomic E-state index is 12.5. The Balaban J connectivity index is 2.33. The number of amides is 1. The minimum Gasteiger partial charge on any atom is -0.317 e. The summed E-state index contributed by atoms with van der Waals surface area (Å²) in [6.45, 7) is 10.5. The molecule has 22 heavy (non-hydrogen) atoms. The molecule has 0 N–H and O–H groups in total. The summed E-state index contributed by atoms with van der Waals surface area (Å²) in [5.74, 6) is -0.0256. The molecule has 0 bridgehead atoms. The number of benzene rings is 1. The standard InChI is InChI=1S/C18H24N2OS/c1-12(2)20-16(21)15(19(6)17(20)22)11-13-7-9-14(10-8-13)18(3,4)5/h7-12H,1-6H3. The number of rotatable bonds is 2. The van der Waals surface area contributed by atoms with Crippen molar-refractivity contribution in [2.75, 3.05) is 7.05 Å². The average Bonchev–Trinajstić information content (AvgIpc) is 2.62. The zero-order chi connectivity index (χ0) is 16.7. The molecule has 3 nitrogen and oxygen atoms in total. The van der Waals surface area contributed by atoms with Gasteiger partial charge in [0.05, 0.1) is 0 Å². The van der Waals surface area contributed by atoms with Crippen LogP contribution >= 0.6 is 12.2 Å². The quantitative estimate of drug-likeness (QED) is 0.612. The Morgan fingerprint density at radius 2 is 1.68 bits per heavy atom. The van der Waals surface area contributed by atoms with Crippen molar-refractivity contribution >= 4 is 29.3 Å². The van der Waals surface area contributed by atoms with Gasteiger partial charge in [0, 0.05) is 13.1 Å². The molecule has 118 valence electrons. The highest BCUT2D eigenvalue weighted by molar-refractivity contribution is 7.80. The topological polar surface area (TPSA) is 23.6 Å². The highest BCUT2D eigenvalue weighted by atomic mass is 32.1. The molecule has 0 spiro atoms. The lowest BCUT2D eigenvalue weighted by atomic mass is 9.87. The van der Waals surface area contributed by atoms with Gasteiger partial charge in [-0.15, -0.1) is 0 Å². The Bertz CT molecular complexity index is 623. The third kappa shape index (κ3) is 3.07. The van der Waals surface area contributed by atoms with Gasteiger partial charge in [-0.3, -0.25) is 9.69 Å². The van der Waals surface area contributed by atoms with Gasteiger partial charge in [-0.1, -0.05) is 45.0 Å². The first kappa shape index (κ1) is 16.7. The van der Waals surface area contributed by atoms with Gasteiger partial charge in [0.15, 0.2) is 5.11 Å². The van der Waals surface area contributed by atoms with Crippen LogP contribution in [-0.2, 0) is 10.2 Å². The van der Waals surface area contributed by atoms with Crippen molar-refractivity contribution in [3.8, 4) is 0 Å². The van der Waals surface area contributed by atoms with Crippen LogP contribution in [0.4, 0.5) is 0 Å². The molecular formula is C18H24N2OS.